The number of aryl methyl sites for hydroxylation is 3. The molecule has 0 atom stereocenters. The van der Waals surface area contributed by atoms with Gasteiger partial charge >= 0.3 is 0 Å². The third-order valence-corrected chi connectivity index (χ3v) is 6.41. The van der Waals surface area contributed by atoms with Gasteiger partial charge in [-0.05, 0) is 37.0 Å². The van der Waals surface area contributed by atoms with E-state index in [-0.39, 0.29) is 17.2 Å². The zero-order chi connectivity index (χ0) is 23.2. The van der Waals surface area contributed by atoms with Crippen LogP contribution in [0.4, 0.5) is 5.69 Å². The molecular formula is C25H27N5O2S. The maximum atomic E-state index is 13.3. The zero-order valence-corrected chi connectivity index (χ0v) is 19.6. The van der Waals surface area contributed by atoms with E-state index >= 15 is 0 Å². The molecule has 33 heavy (non-hydrogen) atoms. The van der Waals surface area contributed by atoms with Crippen molar-refractivity contribution in [3.8, 4) is 0 Å². The summed E-state index contributed by atoms with van der Waals surface area (Å²) in [6, 6.07) is 17.8. The first-order valence-corrected chi connectivity index (χ1v) is 12.1. The minimum absolute atomic E-state index is 0.130. The van der Waals surface area contributed by atoms with Gasteiger partial charge in [-0.2, -0.15) is 5.10 Å². The third kappa shape index (κ3) is 5.34. The molecule has 4 aromatic rings. The summed E-state index contributed by atoms with van der Waals surface area (Å²) in [5.41, 5.74) is 3.77. The van der Waals surface area contributed by atoms with Crippen LogP contribution >= 0.6 is 11.8 Å². The summed E-state index contributed by atoms with van der Waals surface area (Å²) >= 11 is 1.27. The number of hydrogen-bond donors (Lipinski definition) is 1. The minimum atomic E-state index is -0.178. The zero-order valence-electron chi connectivity index (χ0n) is 18.8. The number of hydrogen-bond acceptors (Lipinski definition) is 5. The van der Waals surface area contributed by atoms with E-state index in [1.54, 1.807) is 15.4 Å². The van der Waals surface area contributed by atoms with Gasteiger partial charge in [0.15, 0.2) is 10.7 Å². The second-order valence-corrected chi connectivity index (χ2v) is 8.60. The molecule has 0 aliphatic carbocycles. The molecule has 0 saturated heterocycles. The van der Waals surface area contributed by atoms with Gasteiger partial charge in [-0.1, -0.05) is 67.2 Å². The van der Waals surface area contributed by atoms with Crippen LogP contribution in [0, 0.1) is 0 Å². The Kier molecular flexibility index (Phi) is 7.24. The SMILES string of the molecule is CCc1ccccc1NC(=O)CSc1nc2cn(CC)nc2c(=O)n1CCc1ccccc1. The molecule has 170 valence electrons. The van der Waals surface area contributed by atoms with Gasteiger partial charge in [0.2, 0.25) is 5.91 Å². The van der Waals surface area contributed by atoms with Crippen LogP contribution in [-0.4, -0.2) is 31.0 Å². The summed E-state index contributed by atoms with van der Waals surface area (Å²) in [6.45, 7) is 5.14. The number of anilines is 1. The largest absolute Gasteiger partial charge is 0.325 e. The van der Waals surface area contributed by atoms with Gasteiger partial charge in [-0.15, -0.1) is 0 Å². The maximum absolute atomic E-state index is 13.3. The molecule has 2 heterocycles. The van der Waals surface area contributed by atoms with Gasteiger partial charge < -0.3 is 5.32 Å². The molecule has 1 N–H and O–H groups in total. The molecule has 0 aliphatic heterocycles. The summed E-state index contributed by atoms with van der Waals surface area (Å²) < 4.78 is 3.35. The number of rotatable bonds is 9. The highest BCUT2D eigenvalue weighted by Crippen LogP contribution is 2.20. The van der Waals surface area contributed by atoms with Crippen LogP contribution in [0.5, 0.6) is 0 Å². The first kappa shape index (κ1) is 22.8. The van der Waals surface area contributed by atoms with Crippen molar-refractivity contribution in [1.82, 2.24) is 19.3 Å². The second kappa shape index (κ2) is 10.5. The molecule has 7 nitrogen and oxygen atoms in total. The molecule has 0 aliphatic rings. The molecule has 0 spiro atoms. The van der Waals surface area contributed by atoms with E-state index in [0.29, 0.717) is 35.7 Å². The van der Waals surface area contributed by atoms with Gasteiger partial charge in [-0.25, -0.2) is 4.98 Å². The molecule has 0 unspecified atom stereocenters. The fourth-order valence-electron chi connectivity index (χ4n) is 3.64. The lowest BCUT2D eigenvalue weighted by Gasteiger charge is -2.12. The highest BCUT2D eigenvalue weighted by molar-refractivity contribution is 7.99. The molecule has 2 aromatic heterocycles. The first-order chi connectivity index (χ1) is 16.1. The average molecular weight is 462 g/mol. The van der Waals surface area contributed by atoms with Crippen molar-refractivity contribution in [3.05, 3.63) is 82.3 Å². The van der Waals surface area contributed by atoms with Gasteiger partial charge in [0, 0.05) is 18.8 Å². The van der Waals surface area contributed by atoms with Crippen molar-refractivity contribution in [2.75, 3.05) is 11.1 Å². The summed E-state index contributed by atoms with van der Waals surface area (Å²) in [5, 5.41) is 7.90. The van der Waals surface area contributed by atoms with Crippen molar-refractivity contribution in [2.45, 2.75) is 44.9 Å². The highest BCUT2D eigenvalue weighted by Gasteiger charge is 2.16. The van der Waals surface area contributed by atoms with Crippen molar-refractivity contribution < 1.29 is 4.79 Å². The van der Waals surface area contributed by atoms with Gasteiger partial charge in [0.25, 0.3) is 5.56 Å². The maximum Gasteiger partial charge on any atom is 0.282 e. The van der Waals surface area contributed by atoms with Crippen LogP contribution < -0.4 is 10.9 Å². The standard InChI is InChI=1S/C25H27N5O2S/c1-3-19-12-8-9-13-20(19)26-22(31)17-33-25-27-21-16-29(4-2)28-23(21)24(32)30(25)15-14-18-10-6-5-7-11-18/h5-13,16H,3-4,14-15,17H2,1-2H3,(H,26,31). The Morgan fingerprint density at radius 2 is 1.82 bits per heavy atom. The van der Waals surface area contributed by atoms with Crippen LogP contribution in [-0.2, 0) is 30.7 Å². The van der Waals surface area contributed by atoms with Crippen molar-refractivity contribution in [3.63, 3.8) is 0 Å². The lowest BCUT2D eigenvalue weighted by Crippen LogP contribution is -2.25. The van der Waals surface area contributed by atoms with E-state index in [1.807, 2.05) is 61.5 Å². The van der Waals surface area contributed by atoms with E-state index in [2.05, 4.69) is 17.3 Å². The fourth-order valence-corrected chi connectivity index (χ4v) is 4.47. The molecule has 0 saturated carbocycles. The summed E-state index contributed by atoms with van der Waals surface area (Å²) in [6.07, 6.45) is 3.30. The van der Waals surface area contributed by atoms with E-state index in [4.69, 9.17) is 4.98 Å². The Balaban J connectivity index is 1.57. The van der Waals surface area contributed by atoms with Gasteiger partial charge in [-0.3, -0.25) is 18.8 Å². The molecule has 0 bridgehead atoms. The second-order valence-electron chi connectivity index (χ2n) is 7.65. The van der Waals surface area contributed by atoms with E-state index in [1.165, 1.54) is 11.8 Å². The van der Waals surface area contributed by atoms with Crippen LogP contribution in [0.1, 0.15) is 25.0 Å². The highest BCUT2D eigenvalue weighted by atomic mass is 32.2. The summed E-state index contributed by atoms with van der Waals surface area (Å²) in [7, 11) is 0. The topological polar surface area (TPSA) is 81.8 Å². The monoisotopic (exact) mass is 461 g/mol. The van der Waals surface area contributed by atoms with Crippen LogP contribution in [0.15, 0.2) is 70.7 Å². The quantitative estimate of drug-likeness (QED) is 0.299. The lowest BCUT2D eigenvalue weighted by atomic mass is 10.1. The predicted octanol–water partition coefficient (Wildman–Crippen LogP) is 4.15. The summed E-state index contributed by atoms with van der Waals surface area (Å²) in [4.78, 5) is 30.6. The Bertz CT molecular complexity index is 1310. The Morgan fingerprint density at radius 1 is 1.06 bits per heavy atom. The van der Waals surface area contributed by atoms with Crippen LogP contribution in [0.3, 0.4) is 0 Å². The van der Waals surface area contributed by atoms with E-state index in [9.17, 15) is 9.59 Å². The molecule has 4 rings (SSSR count). The minimum Gasteiger partial charge on any atom is -0.325 e. The number of para-hydroxylation sites is 1. The number of nitrogens with one attached hydrogen (secondary N) is 1. The van der Waals surface area contributed by atoms with Crippen LogP contribution in [0.25, 0.3) is 11.0 Å². The Hall–Kier alpha value is -3.39. The number of thioether (sulfide) groups is 1. The number of fused-ring (bicyclic) bond motifs is 1. The molecule has 1 amide bonds. The first-order valence-electron chi connectivity index (χ1n) is 11.1. The Morgan fingerprint density at radius 3 is 2.58 bits per heavy atom. The summed E-state index contributed by atoms with van der Waals surface area (Å²) in [5.74, 6) is 0.0255. The lowest BCUT2D eigenvalue weighted by molar-refractivity contribution is -0.113. The normalized spacial score (nSPS) is 11.1. The van der Waals surface area contributed by atoms with Crippen LogP contribution in [0.2, 0.25) is 0 Å². The van der Waals surface area contributed by atoms with Crippen molar-refractivity contribution in [2.24, 2.45) is 0 Å². The third-order valence-electron chi connectivity index (χ3n) is 5.43. The van der Waals surface area contributed by atoms with Gasteiger partial charge in [0.05, 0.1) is 11.9 Å². The number of nitrogens with zero attached hydrogens (tertiary/aromatic N) is 4. The van der Waals surface area contributed by atoms with Crippen molar-refractivity contribution in [1.29, 1.82) is 0 Å². The smallest absolute Gasteiger partial charge is 0.282 e. The number of carbonyl (C=O) groups is 1. The molecule has 8 heteroatoms. The Labute approximate surface area is 196 Å². The molecular weight excluding hydrogens is 434 g/mol. The number of carbonyl (C=O) groups excluding carboxylic acids is 1. The fraction of sp³-hybridized carbons (Fsp3) is 0.280. The molecule has 0 radical (unpaired) electrons. The number of benzene rings is 2. The number of amides is 1. The average Bonchev–Trinajstić information content (AvgIpc) is 3.27. The van der Waals surface area contributed by atoms with Crippen molar-refractivity contribution >= 4 is 34.4 Å². The molecule has 0 fully saturated rings. The van der Waals surface area contributed by atoms with E-state index in [0.717, 1.165) is 23.2 Å². The number of aromatic nitrogens is 4. The predicted molar refractivity (Wildman–Crippen MR) is 133 cm³/mol. The molecule has 2 aromatic carbocycles. The van der Waals surface area contributed by atoms with E-state index < -0.39 is 0 Å². The van der Waals surface area contributed by atoms with Gasteiger partial charge in [0.1, 0.15) is 5.52 Å².